The van der Waals surface area contributed by atoms with Gasteiger partial charge in [0.25, 0.3) is 5.91 Å². The molecule has 0 aliphatic heterocycles. The zero-order valence-electron chi connectivity index (χ0n) is 22.7. The Hall–Kier alpha value is -3.43. The number of methoxy groups -OCH3 is 1. The summed E-state index contributed by atoms with van der Waals surface area (Å²) in [7, 11) is 1.57. The number of benzene rings is 2. The van der Waals surface area contributed by atoms with Crippen molar-refractivity contribution in [2.45, 2.75) is 46.1 Å². The van der Waals surface area contributed by atoms with Gasteiger partial charge in [0.15, 0.2) is 0 Å². The van der Waals surface area contributed by atoms with Crippen molar-refractivity contribution < 1.29 is 28.2 Å². The molecule has 0 saturated heterocycles. The van der Waals surface area contributed by atoms with Crippen LogP contribution in [0.2, 0.25) is 5.02 Å². The summed E-state index contributed by atoms with van der Waals surface area (Å²) in [5.74, 6) is -0.784. The smallest absolute Gasteiger partial charge is 0.311 e. The molecule has 1 amide bonds. The summed E-state index contributed by atoms with van der Waals surface area (Å²) in [6, 6.07) is 12.9. The number of ether oxygens (including phenoxy) is 3. The van der Waals surface area contributed by atoms with Gasteiger partial charge in [0, 0.05) is 36.4 Å². The van der Waals surface area contributed by atoms with Gasteiger partial charge in [-0.25, -0.2) is 4.39 Å². The molecule has 2 aromatic carbocycles. The van der Waals surface area contributed by atoms with Crippen LogP contribution >= 0.6 is 11.6 Å². The summed E-state index contributed by atoms with van der Waals surface area (Å²) >= 11 is 6.06. The lowest BCUT2D eigenvalue weighted by atomic mass is 9.79. The first-order valence-electron chi connectivity index (χ1n) is 12.9. The predicted octanol–water partition coefficient (Wildman–Crippen LogP) is 5.61. The third-order valence-electron chi connectivity index (χ3n) is 6.42. The van der Waals surface area contributed by atoms with Crippen molar-refractivity contribution in [3.63, 3.8) is 0 Å². The molecule has 0 bridgehead atoms. The predicted molar refractivity (Wildman–Crippen MR) is 147 cm³/mol. The van der Waals surface area contributed by atoms with Gasteiger partial charge >= 0.3 is 5.97 Å². The summed E-state index contributed by atoms with van der Waals surface area (Å²) in [6.07, 6.45) is 1.14. The molecule has 2 N–H and O–H groups in total. The Morgan fingerprint density at radius 3 is 2.54 bits per heavy atom. The molecule has 1 unspecified atom stereocenters. The van der Waals surface area contributed by atoms with Gasteiger partial charge in [-0.05, 0) is 69.4 Å². The van der Waals surface area contributed by atoms with Crippen molar-refractivity contribution >= 4 is 23.5 Å². The Kier molecular flexibility index (Phi) is 10.9. The van der Waals surface area contributed by atoms with Crippen LogP contribution in [0.3, 0.4) is 0 Å². The number of hydrogen-bond donors (Lipinski definition) is 2. The van der Waals surface area contributed by atoms with E-state index in [0.29, 0.717) is 54.5 Å². The van der Waals surface area contributed by atoms with Gasteiger partial charge in [-0.2, -0.15) is 0 Å². The fourth-order valence-corrected chi connectivity index (χ4v) is 4.54. The van der Waals surface area contributed by atoms with E-state index in [1.807, 2.05) is 38.1 Å². The number of carbonyl (C=O) groups is 2. The molecule has 0 aliphatic carbocycles. The average Bonchev–Trinajstić information content (AvgIpc) is 3.38. The van der Waals surface area contributed by atoms with E-state index in [9.17, 15) is 14.0 Å². The van der Waals surface area contributed by atoms with Crippen molar-refractivity contribution in [2.75, 3.05) is 26.9 Å². The molecule has 3 aromatic rings. The van der Waals surface area contributed by atoms with Crippen LogP contribution in [-0.4, -0.2) is 55.0 Å². The Labute approximate surface area is 233 Å². The molecule has 8 nitrogen and oxygen atoms in total. The van der Waals surface area contributed by atoms with Crippen molar-refractivity contribution in [2.24, 2.45) is 5.41 Å². The zero-order valence-corrected chi connectivity index (χ0v) is 23.4. The molecule has 0 spiro atoms. The molecule has 0 aliphatic rings. The summed E-state index contributed by atoms with van der Waals surface area (Å²) < 4.78 is 30.3. The van der Waals surface area contributed by atoms with Gasteiger partial charge in [-0.1, -0.05) is 35.9 Å². The first kappa shape index (κ1) is 30.1. The van der Waals surface area contributed by atoms with E-state index in [0.717, 1.165) is 5.56 Å². The topological polar surface area (TPSA) is 103 Å². The highest BCUT2D eigenvalue weighted by atomic mass is 35.5. The molecule has 0 fully saturated rings. The monoisotopic (exact) mass is 559 g/mol. The molecule has 1 aromatic heterocycles. The second-order valence-electron chi connectivity index (χ2n) is 9.48. The largest absolute Gasteiger partial charge is 0.477 e. The minimum atomic E-state index is -0.904. The van der Waals surface area contributed by atoms with E-state index >= 15 is 0 Å². The molecule has 0 saturated carbocycles. The maximum atomic E-state index is 14.4. The second kappa shape index (κ2) is 14.1. The number of aromatic nitrogens is 2. The highest BCUT2D eigenvalue weighted by Gasteiger charge is 2.37. The van der Waals surface area contributed by atoms with Crippen molar-refractivity contribution in [1.82, 2.24) is 15.5 Å². The van der Waals surface area contributed by atoms with Crippen LogP contribution in [0.15, 0.2) is 48.5 Å². The Morgan fingerprint density at radius 1 is 1.13 bits per heavy atom. The van der Waals surface area contributed by atoms with Crippen LogP contribution < -0.4 is 10.1 Å². The number of carbonyl (C=O) groups excluding carboxylic acids is 2. The molecular weight excluding hydrogens is 525 g/mol. The lowest BCUT2D eigenvalue weighted by Gasteiger charge is -2.31. The Balaban J connectivity index is 1.87. The van der Waals surface area contributed by atoms with Crippen LogP contribution in [0.4, 0.5) is 4.39 Å². The fraction of sp³-hybridized carbons (Fsp3) is 0.414. The molecule has 39 heavy (non-hydrogen) atoms. The molecule has 1 heterocycles. The van der Waals surface area contributed by atoms with Gasteiger partial charge in [0.2, 0.25) is 5.88 Å². The van der Waals surface area contributed by atoms with Crippen molar-refractivity contribution in [3.05, 3.63) is 70.6 Å². The third-order valence-corrected chi connectivity index (χ3v) is 6.66. The molecule has 10 heteroatoms. The SMILES string of the molecule is CCOC(=O)C(C)(CCOC)C[C@@H](Cc1ccc(-c2cc(Cl)ccc2F)cc1)NC(=O)c1cc(OCC)n[nH]1. The number of nitrogens with one attached hydrogen (secondary N) is 2. The van der Waals surface area contributed by atoms with Crippen LogP contribution in [-0.2, 0) is 20.7 Å². The van der Waals surface area contributed by atoms with Crippen LogP contribution in [0.1, 0.15) is 49.7 Å². The number of rotatable bonds is 14. The van der Waals surface area contributed by atoms with E-state index in [1.54, 1.807) is 20.1 Å². The maximum absolute atomic E-state index is 14.4. The third kappa shape index (κ3) is 8.28. The van der Waals surface area contributed by atoms with Gasteiger partial charge in [0.1, 0.15) is 11.5 Å². The molecule has 2 atom stereocenters. The molecule has 3 rings (SSSR count). The highest BCUT2D eigenvalue weighted by molar-refractivity contribution is 6.30. The van der Waals surface area contributed by atoms with E-state index in [2.05, 4.69) is 15.5 Å². The Bertz CT molecular complexity index is 1250. The average molecular weight is 560 g/mol. The first-order valence-corrected chi connectivity index (χ1v) is 13.3. The number of amides is 1. The molecule has 210 valence electrons. The number of aromatic amines is 1. The Morgan fingerprint density at radius 2 is 1.87 bits per heavy atom. The summed E-state index contributed by atoms with van der Waals surface area (Å²) in [5.41, 5.74) is 1.31. The lowest BCUT2D eigenvalue weighted by molar-refractivity contribution is -0.156. The number of nitrogens with zero attached hydrogens (tertiary/aromatic N) is 1. The first-order chi connectivity index (χ1) is 18.7. The maximum Gasteiger partial charge on any atom is 0.311 e. The standard InChI is InChI=1S/C29H35ClFN3O5/c1-5-38-26-17-25(33-34-26)27(35)32-22(18-29(3,13-14-37-4)28(36)39-6-2)15-19-7-9-20(10-8-19)23-16-21(30)11-12-24(23)31/h7-12,16-17,22H,5-6,13-15,18H2,1-4H3,(H,32,35)(H,33,34)/t22-,29?/m1/s1. The van der Waals surface area contributed by atoms with E-state index in [4.69, 9.17) is 25.8 Å². The molecular formula is C29H35ClFN3O5. The lowest BCUT2D eigenvalue weighted by Crippen LogP contribution is -2.43. The van der Waals surface area contributed by atoms with Crippen LogP contribution in [0, 0.1) is 11.2 Å². The fourth-order valence-electron chi connectivity index (χ4n) is 4.37. The van der Waals surface area contributed by atoms with E-state index in [-0.39, 0.29) is 30.0 Å². The number of hydrogen-bond acceptors (Lipinski definition) is 6. The minimum absolute atomic E-state index is 0.241. The summed E-state index contributed by atoms with van der Waals surface area (Å²) in [6.45, 7) is 6.42. The van der Waals surface area contributed by atoms with Gasteiger partial charge < -0.3 is 19.5 Å². The minimum Gasteiger partial charge on any atom is -0.477 e. The van der Waals surface area contributed by atoms with Crippen LogP contribution in [0.25, 0.3) is 11.1 Å². The number of halogens is 2. The van der Waals surface area contributed by atoms with E-state index < -0.39 is 11.5 Å². The second-order valence-corrected chi connectivity index (χ2v) is 9.91. The van der Waals surface area contributed by atoms with Gasteiger partial charge in [-0.15, -0.1) is 5.10 Å². The normalized spacial score (nSPS) is 13.4. The molecule has 0 radical (unpaired) electrons. The van der Waals surface area contributed by atoms with Gasteiger partial charge in [0.05, 0.1) is 18.6 Å². The number of H-pyrrole nitrogens is 1. The van der Waals surface area contributed by atoms with E-state index in [1.165, 1.54) is 18.2 Å². The van der Waals surface area contributed by atoms with Crippen molar-refractivity contribution in [1.29, 1.82) is 0 Å². The van der Waals surface area contributed by atoms with Crippen LogP contribution in [0.5, 0.6) is 5.88 Å². The highest BCUT2D eigenvalue weighted by Crippen LogP contribution is 2.32. The zero-order chi connectivity index (χ0) is 28.4. The number of esters is 1. The van der Waals surface area contributed by atoms with Crippen molar-refractivity contribution in [3.8, 4) is 17.0 Å². The van der Waals surface area contributed by atoms with Gasteiger partial charge in [-0.3, -0.25) is 14.7 Å². The quantitative estimate of drug-likeness (QED) is 0.249. The summed E-state index contributed by atoms with van der Waals surface area (Å²) in [5, 5.41) is 10.2. The summed E-state index contributed by atoms with van der Waals surface area (Å²) in [4.78, 5) is 26.1.